The van der Waals surface area contributed by atoms with Crippen LogP contribution in [0.3, 0.4) is 0 Å². The van der Waals surface area contributed by atoms with Gasteiger partial charge in [0.15, 0.2) is 0 Å². The number of alkyl halides is 1. The Balaban J connectivity index is 1.32. The predicted octanol–water partition coefficient (Wildman–Crippen LogP) is 4.41. The van der Waals surface area contributed by atoms with E-state index in [0.29, 0.717) is 22.0 Å². The van der Waals surface area contributed by atoms with Crippen molar-refractivity contribution in [1.29, 1.82) is 0 Å². The molecule has 2 aromatic carbocycles. The van der Waals surface area contributed by atoms with Gasteiger partial charge in [0.1, 0.15) is 6.10 Å². The number of nitrogens with one attached hydrogen (secondary N) is 2. The molecule has 1 saturated heterocycles. The summed E-state index contributed by atoms with van der Waals surface area (Å²) in [6.45, 7) is 1.88. The fraction of sp³-hybridized carbons (Fsp3) is 0.348. The molecule has 6 atom stereocenters. The van der Waals surface area contributed by atoms with Crippen LogP contribution in [-0.4, -0.2) is 28.7 Å². The molecule has 2 aliphatic carbocycles. The highest BCUT2D eigenvalue weighted by atomic mass is 79.9. The molecule has 1 aliphatic heterocycles. The van der Waals surface area contributed by atoms with Gasteiger partial charge in [-0.05, 0) is 55.2 Å². The van der Waals surface area contributed by atoms with Gasteiger partial charge in [-0.25, -0.2) is 0 Å². The first-order chi connectivity index (χ1) is 14.8. The van der Waals surface area contributed by atoms with Gasteiger partial charge in [-0.2, -0.15) is 0 Å². The number of esters is 1. The highest BCUT2D eigenvalue weighted by molar-refractivity contribution is 9.09. The van der Waals surface area contributed by atoms with Gasteiger partial charge in [-0.1, -0.05) is 39.7 Å². The van der Waals surface area contributed by atoms with E-state index in [2.05, 4.69) is 26.6 Å². The van der Waals surface area contributed by atoms with Crippen molar-refractivity contribution in [3.05, 3.63) is 58.6 Å². The molecule has 2 N–H and O–H groups in total. The fourth-order valence-electron chi connectivity index (χ4n) is 5.22. The first-order valence-corrected chi connectivity index (χ1v) is 11.5. The monoisotopic (exact) mass is 502 g/mol. The van der Waals surface area contributed by atoms with Crippen molar-refractivity contribution in [2.75, 3.05) is 10.6 Å². The second-order valence-corrected chi connectivity index (χ2v) is 9.94. The Kier molecular flexibility index (Phi) is 5.06. The van der Waals surface area contributed by atoms with Crippen molar-refractivity contribution in [3.8, 4) is 0 Å². The summed E-state index contributed by atoms with van der Waals surface area (Å²) >= 11 is 9.65. The number of ether oxygens (including phenoxy) is 1. The first kappa shape index (κ1) is 20.5. The summed E-state index contributed by atoms with van der Waals surface area (Å²) in [4.78, 5) is 38.1. The smallest absolute Gasteiger partial charge is 0.310 e. The molecule has 0 spiro atoms. The van der Waals surface area contributed by atoms with E-state index in [9.17, 15) is 14.4 Å². The molecular weight excluding hydrogens is 484 g/mol. The summed E-state index contributed by atoms with van der Waals surface area (Å²) in [7, 11) is 0. The molecule has 2 saturated carbocycles. The van der Waals surface area contributed by atoms with Crippen LogP contribution in [0.1, 0.15) is 22.3 Å². The molecule has 6 nitrogen and oxygen atoms in total. The zero-order chi connectivity index (χ0) is 21.9. The van der Waals surface area contributed by atoms with Crippen LogP contribution in [0.25, 0.3) is 0 Å². The number of aryl methyl sites for hydroxylation is 1. The molecule has 1 heterocycles. The Morgan fingerprint density at radius 3 is 2.74 bits per heavy atom. The Hall–Kier alpha value is -2.38. The van der Waals surface area contributed by atoms with Crippen molar-refractivity contribution in [2.45, 2.75) is 24.3 Å². The molecule has 3 aliphatic rings. The van der Waals surface area contributed by atoms with E-state index in [1.165, 1.54) is 0 Å². The minimum atomic E-state index is -0.424. The standard InChI is InChI=1S/C23H20BrClN2O4/c1-10-5-6-12(25)8-16(10)27-21(28)11-3-2-4-13(7-11)26-22(29)17-14-9-15-18(17)23(30)31-20(15)19(14)24/h2-8,14-15,17-20H,9H2,1H3,(H,26,29)(H,27,28)/t14-,15-,17-,18+,19-,20+/m1/s1. The summed E-state index contributed by atoms with van der Waals surface area (Å²) in [6, 6.07) is 12.0. The lowest BCUT2D eigenvalue weighted by atomic mass is 9.79. The molecule has 160 valence electrons. The number of rotatable bonds is 4. The lowest BCUT2D eigenvalue weighted by molar-refractivity contribution is -0.145. The second kappa shape index (κ2) is 7.64. The van der Waals surface area contributed by atoms with Crippen LogP contribution >= 0.6 is 27.5 Å². The van der Waals surface area contributed by atoms with Crippen LogP contribution in [-0.2, 0) is 14.3 Å². The number of anilines is 2. The highest BCUT2D eigenvalue weighted by Crippen LogP contribution is 2.60. The third kappa shape index (κ3) is 3.44. The van der Waals surface area contributed by atoms with Gasteiger partial charge in [0, 0.05) is 27.9 Å². The maximum atomic E-state index is 13.1. The maximum absolute atomic E-state index is 13.1. The van der Waals surface area contributed by atoms with Crippen LogP contribution < -0.4 is 10.6 Å². The molecule has 31 heavy (non-hydrogen) atoms. The second-order valence-electron chi connectivity index (χ2n) is 8.44. The molecule has 2 aromatic rings. The lowest BCUT2D eigenvalue weighted by Gasteiger charge is -2.27. The van der Waals surface area contributed by atoms with Crippen LogP contribution in [0.4, 0.5) is 11.4 Å². The van der Waals surface area contributed by atoms with Gasteiger partial charge < -0.3 is 15.4 Å². The number of halogens is 2. The van der Waals surface area contributed by atoms with E-state index >= 15 is 0 Å². The lowest BCUT2D eigenvalue weighted by Crippen LogP contribution is -2.40. The van der Waals surface area contributed by atoms with Crippen LogP contribution in [0.15, 0.2) is 42.5 Å². The van der Waals surface area contributed by atoms with E-state index in [1.54, 1.807) is 36.4 Å². The number of amides is 2. The Labute approximate surface area is 192 Å². The molecule has 3 fully saturated rings. The average molecular weight is 504 g/mol. The highest BCUT2D eigenvalue weighted by Gasteiger charge is 2.67. The number of benzene rings is 2. The summed E-state index contributed by atoms with van der Waals surface area (Å²) in [5, 5.41) is 6.29. The molecule has 0 radical (unpaired) electrons. The number of hydrogen-bond donors (Lipinski definition) is 2. The normalized spacial score (nSPS) is 30.2. The summed E-state index contributed by atoms with van der Waals surface area (Å²) in [5.41, 5.74) is 2.44. The van der Waals surface area contributed by atoms with Gasteiger partial charge in [0.25, 0.3) is 5.91 Å². The summed E-state index contributed by atoms with van der Waals surface area (Å²) in [5.74, 6) is -1.40. The molecule has 2 amide bonds. The maximum Gasteiger partial charge on any atom is 0.310 e. The zero-order valence-corrected chi connectivity index (χ0v) is 18.9. The number of carbonyl (C=O) groups excluding carboxylic acids is 3. The van der Waals surface area contributed by atoms with Gasteiger partial charge in [-0.15, -0.1) is 0 Å². The van der Waals surface area contributed by atoms with Crippen molar-refractivity contribution >= 4 is 56.7 Å². The van der Waals surface area contributed by atoms with E-state index < -0.39 is 5.92 Å². The SMILES string of the molecule is Cc1ccc(Cl)cc1NC(=O)c1cccc(NC(=O)[C@@H]2[C@H]3C[C@H]4[C@H](OC(=O)[C@@H]42)[C@@H]3Br)c1. The quantitative estimate of drug-likeness (QED) is 0.478. The molecular formula is C23H20BrClN2O4. The molecule has 5 rings (SSSR count). The molecule has 8 heteroatoms. The Bertz CT molecular complexity index is 1110. The zero-order valence-electron chi connectivity index (χ0n) is 16.6. The Morgan fingerprint density at radius 1 is 1.13 bits per heavy atom. The van der Waals surface area contributed by atoms with E-state index in [0.717, 1.165) is 12.0 Å². The minimum Gasteiger partial charge on any atom is -0.461 e. The molecule has 0 aromatic heterocycles. The topological polar surface area (TPSA) is 84.5 Å². The largest absolute Gasteiger partial charge is 0.461 e. The first-order valence-electron chi connectivity index (χ1n) is 10.2. The third-order valence-corrected chi connectivity index (χ3v) is 8.10. The van der Waals surface area contributed by atoms with Gasteiger partial charge in [0.05, 0.1) is 16.7 Å². The van der Waals surface area contributed by atoms with Crippen LogP contribution in [0, 0.1) is 30.6 Å². The third-order valence-electron chi connectivity index (χ3n) is 6.67. The van der Waals surface area contributed by atoms with Crippen molar-refractivity contribution in [2.24, 2.45) is 23.7 Å². The van der Waals surface area contributed by atoms with Crippen LogP contribution in [0.2, 0.25) is 5.02 Å². The van der Waals surface area contributed by atoms with E-state index in [-0.39, 0.29) is 46.5 Å². The van der Waals surface area contributed by atoms with Crippen molar-refractivity contribution in [3.63, 3.8) is 0 Å². The summed E-state index contributed by atoms with van der Waals surface area (Å²) in [6.07, 6.45) is 0.699. The van der Waals surface area contributed by atoms with E-state index in [4.69, 9.17) is 16.3 Å². The predicted molar refractivity (Wildman–Crippen MR) is 120 cm³/mol. The Morgan fingerprint density at radius 2 is 1.94 bits per heavy atom. The van der Waals surface area contributed by atoms with Gasteiger partial charge >= 0.3 is 5.97 Å². The van der Waals surface area contributed by atoms with Crippen molar-refractivity contribution in [1.82, 2.24) is 0 Å². The minimum absolute atomic E-state index is 0.00833. The number of hydrogen-bond acceptors (Lipinski definition) is 4. The summed E-state index contributed by atoms with van der Waals surface area (Å²) < 4.78 is 5.48. The number of fused-ring (bicyclic) bond motifs is 1. The molecule has 2 bridgehead atoms. The van der Waals surface area contributed by atoms with Crippen LogP contribution in [0.5, 0.6) is 0 Å². The van der Waals surface area contributed by atoms with Gasteiger partial charge in [-0.3, -0.25) is 14.4 Å². The van der Waals surface area contributed by atoms with Crippen molar-refractivity contribution < 1.29 is 19.1 Å². The van der Waals surface area contributed by atoms with E-state index in [1.807, 2.05) is 13.0 Å². The van der Waals surface area contributed by atoms with Gasteiger partial charge in [0.2, 0.25) is 5.91 Å². The fourth-order valence-corrected chi connectivity index (χ4v) is 6.43. The molecule has 0 unspecified atom stereocenters. The average Bonchev–Trinajstić information content (AvgIpc) is 3.35. The number of carbonyl (C=O) groups is 3.